The van der Waals surface area contributed by atoms with Crippen molar-refractivity contribution in [3.05, 3.63) is 24.0 Å². The highest BCUT2D eigenvalue weighted by atomic mass is 19.4. The SMILES string of the molecule is O=C(CC1CC2CCC(C1)N2)Nc1ccc(F)cc1OCC(F)(F)F. The number of benzene rings is 1. The van der Waals surface area contributed by atoms with Crippen molar-refractivity contribution < 1.29 is 27.1 Å². The molecule has 2 N–H and O–H groups in total. The van der Waals surface area contributed by atoms with Crippen molar-refractivity contribution in [2.75, 3.05) is 11.9 Å². The summed E-state index contributed by atoms with van der Waals surface area (Å²) >= 11 is 0. The summed E-state index contributed by atoms with van der Waals surface area (Å²) in [4.78, 5) is 12.2. The molecule has 138 valence electrons. The van der Waals surface area contributed by atoms with Crippen LogP contribution in [0.1, 0.15) is 32.1 Å². The van der Waals surface area contributed by atoms with E-state index in [0.29, 0.717) is 18.5 Å². The molecule has 0 aromatic heterocycles. The van der Waals surface area contributed by atoms with Crippen molar-refractivity contribution in [2.45, 2.75) is 50.4 Å². The molecule has 2 heterocycles. The summed E-state index contributed by atoms with van der Waals surface area (Å²) in [5, 5.41) is 6.04. The molecule has 0 saturated carbocycles. The molecule has 0 spiro atoms. The van der Waals surface area contributed by atoms with E-state index in [1.54, 1.807) is 0 Å². The minimum absolute atomic E-state index is 0.0487. The van der Waals surface area contributed by atoms with Gasteiger partial charge in [-0.3, -0.25) is 4.79 Å². The lowest BCUT2D eigenvalue weighted by molar-refractivity contribution is -0.153. The Balaban J connectivity index is 1.60. The number of carbonyl (C=O) groups excluding carboxylic acids is 1. The molecule has 2 unspecified atom stereocenters. The zero-order chi connectivity index (χ0) is 18.0. The predicted octanol–water partition coefficient (Wildman–Crippen LogP) is 3.63. The van der Waals surface area contributed by atoms with Crippen LogP contribution in [0, 0.1) is 11.7 Å². The zero-order valence-electron chi connectivity index (χ0n) is 13.5. The first-order valence-corrected chi connectivity index (χ1v) is 8.33. The summed E-state index contributed by atoms with van der Waals surface area (Å²) in [5.74, 6) is -1.10. The first kappa shape index (κ1) is 18.0. The Bertz CT molecular complexity index is 624. The topological polar surface area (TPSA) is 50.4 Å². The number of carbonyl (C=O) groups is 1. The number of rotatable bonds is 5. The average molecular weight is 360 g/mol. The molecule has 2 aliphatic rings. The van der Waals surface area contributed by atoms with E-state index in [9.17, 15) is 22.4 Å². The van der Waals surface area contributed by atoms with E-state index in [0.717, 1.165) is 37.8 Å². The average Bonchev–Trinajstić information content (AvgIpc) is 2.85. The number of hydrogen-bond donors (Lipinski definition) is 2. The number of piperidine rings is 1. The number of alkyl halides is 3. The van der Waals surface area contributed by atoms with Crippen molar-refractivity contribution in [3.63, 3.8) is 0 Å². The molecule has 8 heteroatoms. The van der Waals surface area contributed by atoms with Crippen LogP contribution >= 0.6 is 0 Å². The third kappa shape index (κ3) is 5.07. The molecule has 25 heavy (non-hydrogen) atoms. The molecule has 2 saturated heterocycles. The number of ether oxygens (including phenoxy) is 1. The van der Waals surface area contributed by atoms with Crippen molar-refractivity contribution in [3.8, 4) is 5.75 Å². The van der Waals surface area contributed by atoms with Gasteiger partial charge in [-0.05, 0) is 43.7 Å². The molecular formula is C17H20F4N2O2. The van der Waals surface area contributed by atoms with E-state index in [-0.39, 0.29) is 23.3 Å². The molecule has 3 rings (SSSR count). The lowest BCUT2D eigenvalue weighted by Crippen LogP contribution is -2.39. The quantitative estimate of drug-likeness (QED) is 0.789. The second kappa shape index (κ2) is 7.19. The minimum atomic E-state index is -4.54. The van der Waals surface area contributed by atoms with Gasteiger partial charge in [0.1, 0.15) is 11.6 Å². The number of anilines is 1. The molecular weight excluding hydrogens is 340 g/mol. The Hall–Kier alpha value is -1.83. The van der Waals surface area contributed by atoms with Crippen LogP contribution in [0.3, 0.4) is 0 Å². The second-order valence-corrected chi connectivity index (χ2v) is 6.77. The minimum Gasteiger partial charge on any atom is -0.482 e. The monoisotopic (exact) mass is 360 g/mol. The maximum absolute atomic E-state index is 13.3. The van der Waals surface area contributed by atoms with Gasteiger partial charge in [0.15, 0.2) is 6.61 Å². The zero-order valence-corrected chi connectivity index (χ0v) is 13.5. The first-order chi connectivity index (χ1) is 11.8. The number of hydrogen-bond acceptors (Lipinski definition) is 3. The predicted molar refractivity (Wildman–Crippen MR) is 83.9 cm³/mol. The van der Waals surface area contributed by atoms with Crippen LogP contribution in [0.15, 0.2) is 18.2 Å². The lowest BCUT2D eigenvalue weighted by Gasteiger charge is -2.28. The molecule has 1 aromatic rings. The van der Waals surface area contributed by atoms with Gasteiger partial charge in [-0.25, -0.2) is 4.39 Å². The van der Waals surface area contributed by atoms with Crippen LogP contribution in [-0.4, -0.2) is 30.8 Å². The van der Waals surface area contributed by atoms with E-state index in [4.69, 9.17) is 0 Å². The fourth-order valence-electron chi connectivity index (χ4n) is 3.68. The van der Waals surface area contributed by atoms with Gasteiger partial charge >= 0.3 is 6.18 Å². The van der Waals surface area contributed by atoms with E-state index >= 15 is 0 Å². The van der Waals surface area contributed by atoms with Crippen LogP contribution in [0.5, 0.6) is 5.75 Å². The van der Waals surface area contributed by atoms with Crippen LogP contribution in [0.25, 0.3) is 0 Å². The van der Waals surface area contributed by atoms with Crippen LogP contribution in [-0.2, 0) is 4.79 Å². The van der Waals surface area contributed by atoms with Crippen molar-refractivity contribution >= 4 is 11.6 Å². The number of halogens is 4. The van der Waals surface area contributed by atoms with Gasteiger partial charge < -0.3 is 15.4 Å². The maximum atomic E-state index is 13.3. The number of fused-ring (bicyclic) bond motifs is 2. The largest absolute Gasteiger partial charge is 0.482 e. The summed E-state index contributed by atoms with van der Waals surface area (Å²) in [6.07, 6.45) is -0.158. The highest BCUT2D eigenvalue weighted by molar-refractivity contribution is 5.92. The molecule has 1 amide bonds. The van der Waals surface area contributed by atoms with Crippen molar-refractivity contribution in [1.29, 1.82) is 0 Å². The fraction of sp³-hybridized carbons (Fsp3) is 0.588. The Kier molecular flexibility index (Phi) is 5.17. The summed E-state index contributed by atoms with van der Waals surface area (Å²) in [6, 6.07) is 4.03. The Morgan fingerprint density at radius 1 is 1.24 bits per heavy atom. The fourth-order valence-corrected chi connectivity index (χ4v) is 3.68. The second-order valence-electron chi connectivity index (χ2n) is 6.77. The van der Waals surface area contributed by atoms with Gasteiger partial charge in [0, 0.05) is 24.6 Å². The lowest BCUT2D eigenvalue weighted by atomic mass is 9.89. The third-order valence-corrected chi connectivity index (χ3v) is 4.65. The molecule has 2 aliphatic heterocycles. The van der Waals surface area contributed by atoms with E-state index in [2.05, 4.69) is 15.4 Å². The van der Waals surface area contributed by atoms with Crippen LogP contribution in [0.2, 0.25) is 0 Å². The standard InChI is InChI=1S/C17H20F4N2O2/c18-11-1-4-14(15(8-11)25-9-17(19,20)21)23-16(24)7-10-5-12-2-3-13(6-10)22-12/h1,4,8,10,12-13,22H,2-3,5-7,9H2,(H,23,24). The summed E-state index contributed by atoms with van der Waals surface area (Å²) in [6.45, 7) is -1.54. The molecule has 4 nitrogen and oxygen atoms in total. The Labute approximate surface area is 142 Å². The maximum Gasteiger partial charge on any atom is 0.422 e. The van der Waals surface area contributed by atoms with E-state index < -0.39 is 18.6 Å². The van der Waals surface area contributed by atoms with E-state index in [1.807, 2.05) is 0 Å². The van der Waals surface area contributed by atoms with Gasteiger partial charge in [0.2, 0.25) is 5.91 Å². The summed E-state index contributed by atoms with van der Waals surface area (Å²) < 4.78 is 54.9. The molecule has 2 fully saturated rings. The van der Waals surface area contributed by atoms with Gasteiger partial charge in [0.05, 0.1) is 5.69 Å². The molecule has 0 aliphatic carbocycles. The number of nitrogens with one attached hydrogen (secondary N) is 2. The van der Waals surface area contributed by atoms with Crippen LogP contribution in [0.4, 0.5) is 23.2 Å². The number of amides is 1. The molecule has 1 aromatic carbocycles. The first-order valence-electron chi connectivity index (χ1n) is 8.33. The van der Waals surface area contributed by atoms with Gasteiger partial charge in [0.25, 0.3) is 0 Å². The highest BCUT2D eigenvalue weighted by Crippen LogP contribution is 2.33. The molecule has 0 radical (unpaired) electrons. The van der Waals surface area contributed by atoms with Gasteiger partial charge in [-0.15, -0.1) is 0 Å². The normalized spacial score (nSPS) is 25.7. The smallest absolute Gasteiger partial charge is 0.422 e. The summed E-state index contributed by atoms with van der Waals surface area (Å²) in [7, 11) is 0. The summed E-state index contributed by atoms with van der Waals surface area (Å²) in [5.41, 5.74) is 0.0487. The van der Waals surface area contributed by atoms with Crippen molar-refractivity contribution in [2.24, 2.45) is 5.92 Å². The highest BCUT2D eigenvalue weighted by Gasteiger charge is 2.34. The molecule has 2 atom stereocenters. The Morgan fingerprint density at radius 2 is 1.92 bits per heavy atom. The van der Waals surface area contributed by atoms with Crippen LogP contribution < -0.4 is 15.4 Å². The Morgan fingerprint density at radius 3 is 2.56 bits per heavy atom. The third-order valence-electron chi connectivity index (χ3n) is 4.65. The van der Waals surface area contributed by atoms with E-state index in [1.165, 1.54) is 6.07 Å². The van der Waals surface area contributed by atoms with Gasteiger partial charge in [-0.1, -0.05) is 0 Å². The van der Waals surface area contributed by atoms with Crippen molar-refractivity contribution in [1.82, 2.24) is 5.32 Å². The van der Waals surface area contributed by atoms with Gasteiger partial charge in [-0.2, -0.15) is 13.2 Å². The molecule has 2 bridgehead atoms.